The number of nitrogens with one attached hydrogen (secondary N) is 1. The highest BCUT2D eigenvalue weighted by atomic mass is 32.1. The van der Waals surface area contributed by atoms with Crippen LogP contribution in [0.2, 0.25) is 0 Å². The molecule has 2 aromatic rings. The minimum atomic E-state index is 0.108. The monoisotopic (exact) mass is 361 g/mol. The van der Waals surface area contributed by atoms with Gasteiger partial charge in [-0.05, 0) is 35.8 Å². The summed E-state index contributed by atoms with van der Waals surface area (Å²) in [6, 6.07) is 11.4. The van der Waals surface area contributed by atoms with Crippen molar-refractivity contribution in [3.8, 4) is 5.75 Å². The molecule has 0 atom stereocenters. The van der Waals surface area contributed by atoms with Gasteiger partial charge in [-0.3, -0.25) is 4.79 Å². The van der Waals surface area contributed by atoms with Crippen LogP contribution in [0.1, 0.15) is 9.67 Å². The number of anilines is 1. The summed E-state index contributed by atoms with van der Waals surface area (Å²) in [7, 11) is 1.64. The van der Waals surface area contributed by atoms with Crippen molar-refractivity contribution in [2.45, 2.75) is 0 Å². The third kappa shape index (κ3) is 3.85. The van der Waals surface area contributed by atoms with Gasteiger partial charge in [-0.15, -0.1) is 11.3 Å². The van der Waals surface area contributed by atoms with Crippen molar-refractivity contribution in [3.63, 3.8) is 0 Å². The topological polar surface area (TPSA) is 44.8 Å². The first-order valence-electron chi connectivity index (χ1n) is 7.70. The van der Waals surface area contributed by atoms with E-state index >= 15 is 0 Å². The molecule has 0 spiro atoms. The highest BCUT2D eigenvalue weighted by Gasteiger charge is 2.23. The lowest BCUT2D eigenvalue weighted by atomic mass is 10.3. The van der Waals surface area contributed by atoms with Crippen LogP contribution >= 0.6 is 23.6 Å². The number of nitrogens with zero attached hydrogens (tertiary/aromatic N) is 2. The molecule has 0 radical (unpaired) electrons. The molecule has 1 aromatic heterocycles. The molecule has 1 aromatic carbocycles. The van der Waals surface area contributed by atoms with E-state index in [2.05, 4.69) is 10.2 Å². The van der Waals surface area contributed by atoms with Crippen LogP contribution in [0.15, 0.2) is 41.8 Å². The number of hydrogen-bond donors (Lipinski definition) is 1. The Morgan fingerprint density at radius 1 is 1.17 bits per heavy atom. The second-order valence-corrected chi connectivity index (χ2v) is 6.75. The van der Waals surface area contributed by atoms with Crippen LogP contribution < -0.4 is 10.1 Å². The Labute approximate surface area is 150 Å². The molecule has 0 aliphatic carbocycles. The van der Waals surface area contributed by atoms with Crippen molar-refractivity contribution in [2.24, 2.45) is 0 Å². The third-order valence-electron chi connectivity index (χ3n) is 3.91. The number of amides is 1. The van der Waals surface area contributed by atoms with Crippen molar-refractivity contribution in [1.29, 1.82) is 0 Å². The summed E-state index contributed by atoms with van der Waals surface area (Å²) in [5, 5.41) is 5.83. The van der Waals surface area contributed by atoms with Gasteiger partial charge in [0, 0.05) is 37.9 Å². The van der Waals surface area contributed by atoms with E-state index in [0.29, 0.717) is 18.2 Å². The smallest absolute Gasteiger partial charge is 0.264 e. The quantitative estimate of drug-likeness (QED) is 0.852. The zero-order chi connectivity index (χ0) is 16.9. The number of thiophene rings is 1. The Balaban J connectivity index is 1.54. The molecule has 3 rings (SSSR count). The van der Waals surface area contributed by atoms with E-state index in [1.54, 1.807) is 7.11 Å². The van der Waals surface area contributed by atoms with Crippen molar-refractivity contribution >= 4 is 40.3 Å². The first-order chi connectivity index (χ1) is 11.7. The molecule has 1 N–H and O–H groups in total. The Kier molecular flexibility index (Phi) is 5.32. The summed E-state index contributed by atoms with van der Waals surface area (Å²) < 4.78 is 5.22. The molecule has 126 valence electrons. The maximum Gasteiger partial charge on any atom is 0.264 e. The largest absolute Gasteiger partial charge is 0.497 e. The van der Waals surface area contributed by atoms with Gasteiger partial charge in [0.25, 0.3) is 5.91 Å². The zero-order valence-electron chi connectivity index (χ0n) is 13.4. The van der Waals surface area contributed by atoms with E-state index < -0.39 is 0 Å². The molecule has 24 heavy (non-hydrogen) atoms. The van der Waals surface area contributed by atoms with Crippen LogP contribution in [0.25, 0.3) is 0 Å². The van der Waals surface area contributed by atoms with Crippen LogP contribution in [0, 0.1) is 0 Å². The number of carbonyl (C=O) groups excluding carboxylic acids is 1. The molecule has 2 heterocycles. The predicted octanol–water partition coefficient (Wildman–Crippen LogP) is 2.91. The molecule has 1 amide bonds. The zero-order valence-corrected chi connectivity index (χ0v) is 15.0. The number of piperazine rings is 1. The fourth-order valence-electron chi connectivity index (χ4n) is 2.57. The van der Waals surface area contributed by atoms with Crippen LogP contribution in [-0.4, -0.2) is 54.1 Å². The lowest BCUT2D eigenvalue weighted by molar-refractivity contribution is 0.0698. The molecule has 1 fully saturated rings. The fourth-order valence-corrected chi connectivity index (χ4v) is 3.56. The van der Waals surface area contributed by atoms with Gasteiger partial charge in [0.05, 0.1) is 12.0 Å². The normalized spacial score (nSPS) is 14.4. The summed E-state index contributed by atoms with van der Waals surface area (Å²) in [5.41, 5.74) is 0.899. The van der Waals surface area contributed by atoms with Crippen molar-refractivity contribution in [3.05, 3.63) is 46.7 Å². The Bertz CT molecular complexity index is 710. The number of ether oxygens (including phenoxy) is 1. The van der Waals surface area contributed by atoms with Gasteiger partial charge in [0.15, 0.2) is 5.11 Å². The molecule has 1 saturated heterocycles. The molecule has 5 nitrogen and oxygen atoms in total. The Hall–Kier alpha value is -2.12. The maximum atomic E-state index is 12.4. The molecule has 1 aliphatic heterocycles. The summed E-state index contributed by atoms with van der Waals surface area (Å²) in [4.78, 5) is 17.1. The van der Waals surface area contributed by atoms with E-state index in [0.717, 1.165) is 29.4 Å². The number of hydrogen-bond acceptors (Lipinski definition) is 4. The first-order valence-corrected chi connectivity index (χ1v) is 8.99. The van der Waals surface area contributed by atoms with E-state index in [9.17, 15) is 4.79 Å². The average Bonchev–Trinajstić information content (AvgIpc) is 3.16. The van der Waals surface area contributed by atoms with Crippen LogP contribution in [0.3, 0.4) is 0 Å². The average molecular weight is 361 g/mol. The molecule has 0 saturated carbocycles. The molecule has 1 aliphatic rings. The van der Waals surface area contributed by atoms with E-state index in [-0.39, 0.29) is 5.91 Å². The second-order valence-electron chi connectivity index (χ2n) is 5.42. The van der Waals surface area contributed by atoms with Crippen LogP contribution in [0.4, 0.5) is 5.69 Å². The molecular weight excluding hydrogens is 342 g/mol. The minimum absolute atomic E-state index is 0.108. The summed E-state index contributed by atoms with van der Waals surface area (Å²) in [5.74, 6) is 0.894. The predicted molar refractivity (Wildman–Crippen MR) is 101 cm³/mol. The molecule has 0 unspecified atom stereocenters. The summed E-state index contributed by atoms with van der Waals surface area (Å²) in [6.45, 7) is 2.81. The molecular formula is C17H19N3O2S2. The van der Waals surface area contributed by atoms with E-state index in [1.807, 2.05) is 46.7 Å². The van der Waals surface area contributed by atoms with Gasteiger partial charge in [0.2, 0.25) is 0 Å². The number of methoxy groups -OCH3 is 1. The van der Waals surface area contributed by atoms with Gasteiger partial charge >= 0.3 is 0 Å². The summed E-state index contributed by atoms with van der Waals surface area (Å²) in [6.07, 6.45) is 0. The van der Waals surface area contributed by atoms with Crippen molar-refractivity contribution < 1.29 is 9.53 Å². The third-order valence-corrected chi connectivity index (χ3v) is 5.13. The lowest BCUT2D eigenvalue weighted by Crippen LogP contribution is -2.51. The second kappa shape index (κ2) is 7.63. The number of rotatable bonds is 3. The highest BCUT2D eigenvalue weighted by Crippen LogP contribution is 2.18. The van der Waals surface area contributed by atoms with Crippen molar-refractivity contribution in [1.82, 2.24) is 9.80 Å². The van der Waals surface area contributed by atoms with E-state index in [1.165, 1.54) is 11.3 Å². The van der Waals surface area contributed by atoms with E-state index in [4.69, 9.17) is 17.0 Å². The number of thiocarbonyl (C=S) groups is 1. The SMILES string of the molecule is COc1cccc(NC(=S)N2CCN(C(=O)c3cccs3)CC2)c1. The Morgan fingerprint density at radius 2 is 1.92 bits per heavy atom. The molecule has 0 bridgehead atoms. The maximum absolute atomic E-state index is 12.4. The number of benzene rings is 1. The van der Waals surface area contributed by atoms with Gasteiger partial charge < -0.3 is 19.9 Å². The molecule has 7 heteroatoms. The number of carbonyl (C=O) groups is 1. The van der Waals surface area contributed by atoms with Gasteiger partial charge in [-0.1, -0.05) is 12.1 Å². The minimum Gasteiger partial charge on any atom is -0.497 e. The van der Waals surface area contributed by atoms with Gasteiger partial charge in [0.1, 0.15) is 5.75 Å². The van der Waals surface area contributed by atoms with Gasteiger partial charge in [-0.25, -0.2) is 0 Å². The highest BCUT2D eigenvalue weighted by molar-refractivity contribution is 7.80. The van der Waals surface area contributed by atoms with Gasteiger partial charge in [-0.2, -0.15) is 0 Å². The first kappa shape index (κ1) is 16.7. The standard InChI is InChI=1S/C17H19N3O2S2/c1-22-14-5-2-4-13(12-14)18-17(23)20-9-7-19(8-10-20)16(21)15-6-3-11-24-15/h2-6,11-12H,7-10H2,1H3,(H,18,23). The Morgan fingerprint density at radius 3 is 2.58 bits per heavy atom. The van der Waals surface area contributed by atoms with Crippen molar-refractivity contribution in [2.75, 3.05) is 38.6 Å². The van der Waals surface area contributed by atoms with Crippen LogP contribution in [0.5, 0.6) is 5.75 Å². The van der Waals surface area contributed by atoms with Crippen LogP contribution in [-0.2, 0) is 0 Å². The fraction of sp³-hybridized carbons (Fsp3) is 0.294. The summed E-state index contributed by atoms with van der Waals surface area (Å²) >= 11 is 6.97. The lowest BCUT2D eigenvalue weighted by Gasteiger charge is -2.36.